The molecule has 1 aromatic heterocycles. The Balaban J connectivity index is 2.68. The molecule has 0 bridgehead atoms. The first-order chi connectivity index (χ1) is 9.13. The van der Waals surface area contributed by atoms with Gasteiger partial charge in [-0.3, -0.25) is 4.98 Å². The minimum absolute atomic E-state index is 0.306. The highest BCUT2D eigenvalue weighted by molar-refractivity contribution is 5.63. The maximum Gasteiger partial charge on any atom is 0.191 e. The number of hydrogen-bond acceptors (Lipinski definition) is 5. The van der Waals surface area contributed by atoms with Crippen LogP contribution in [0.2, 0.25) is 0 Å². The number of aliphatic hydroxyl groups excluding tert-OH is 1. The van der Waals surface area contributed by atoms with Gasteiger partial charge in [-0.2, -0.15) is 0 Å². The van der Waals surface area contributed by atoms with E-state index in [-0.39, 0.29) is 5.88 Å². The fourth-order valence-corrected chi connectivity index (χ4v) is 1.76. The van der Waals surface area contributed by atoms with Crippen molar-refractivity contribution < 1.29 is 9.84 Å². The lowest BCUT2D eigenvalue weighted by molar-refractivity contribution is 0.415. The molecule has 0 saturated carbocycles. The zero-order valence-electron chi connectivity index (χ0n) is 10.5. The molecule has 5 heteroatoms. The normalized spacial score (nSPS) is 13.7. The number of methoxy groups -OCH3 is 1. The Kier molecular flexibility index (Phi) is 3.56. The maximum atomic E-state index is 9.45. The lowest BCUT2D eigenvalue weighted by atomic mass is 10.1. The van der Waals surface area contributed by atoms with Crippen LogP contribution in [0.5, 0.6) is 5.75 Å². The number of aromatic nitrogens is 1. The third-order valence-corrected chi connectivity index (χ3v) is 2.79. The number of rotatable bonds is 2. The number of pyridine rings is 1. The second kappa shape index (κ2) is 5.30. The smallest absolute Gasteiger partial charge is 0.191 e. The van der Waals surface area contributed by atoms with E-state index in [2.05, 4.69) is 4.98 Å². The van der Waals surface area contributed by atoms with Crippen molar-refractivity contribution in [2.45, 2.75) is 0 Å². The Morgan fingerprint density at radius 3 is 2.37 bits per heavy atom. The summed E-state index contributed by atoms with van der Waals surface area (Å²) >= 11 is 0. The zero-order chi connectivity index (χ0) is 13.8. The van der Waals surface area contributed by atoms with Crippen LogP contribution in [0.4, 0.5) is 0 Å². The Morgan fingerprint density at radius 2 is 1.79 bits per heavy atom. The van der Waals surface area contributed by atoms with E-state index in [1.54, 1.807) is 19.4 Å². The number of nitrogens with two attached hydrogens (primary N) is 2. The molecule has 0 fully saturated rings. The molecule has 0 saturated heterocycles. The van der Waals surface area contributed by atoms with Gasteiger partial charge in [0.2, 0.25) is 0 Å². The first kappa shape index (κ1) is 12.8. The van der Waals surface area contributed by atoms with Crippen molar-refractivity contribution >= 4 is 11.6 Å². The van der Waals surface area contributed by atoms with Gasteiger partial charge in [0.15, 0.2) is 5.88 Å². The van der Waals surface area contributed by atoms with Gasteiger partial charge in [0.05, 0.1) is 12.3 Å². The van der Waals surface area contributed by atoms with Crippen molar-refractivity contribution in [2.24, 2.45) is 11.5 Å². The van der Waals surface area contributed by atoms with E-state index in [0.29, 0.717) is 16.1 Å². The van der Waals surface area contributed by atoms with Crippen LogP contribution in [-0.4, -0.2) is 17.2 Å². The van der Waals surface area contributed by atoms with Gasteiger partial charge in [-0.15, -0.1) is 0 Å². The molecule has 98 valence electrons. The van der Waals surface area contributed by atoms with E-state index in [0.717, 1.165) is 11.3 Å². The second-order valence-corrected chi connectivity index (χ2v) is 3.95. The highest BCUT2D eigenvalue weighted by atomic mass is 16.5. The molecular weight excluding hydrogens is 242 g/mol. The van der Waals surface area contributed by atoms with E-state index in [4.69, 9.17) is 16.2 Å². The Labute approximate surface area is 110 Å². The highest BCUT2D eigenvalue weighted by Gasteiger charge is 2.01. The molecule has 5 N–H and O–H groups in total. The molecule has 0 aliphatic rings. The van der Waals surface area contributed by atoms with Gasteiger partial charge in [-0.1, -0.05) is 0 Å². The quantitative estimate of drug-likeness (QED) is 0.692. The Morgan fingerprint density at radius 1 is 1.11 bits per heavy atom. The van der Waals surface area contributed by atoms with E-state index in [9.17, 15) is 5.11 Å². The zero-order valence-corrected chi connectivity index (χ0v) is 10.5. The van der Waals surface area contributed by atoms with Gasteiger partial charge in [0.25, 0.3) is 0 Å². The fourth-order valence-electron chi connectivity index (χ4n) is 1.76. The minimum Gasteiger partial charge on any atom is -0.497 e. The van der Waals surface area contributed by atoms with Crippen molar-refractivity contribution in [1.82, 2.24) is 4.98 Å². The summed E-state index contributed by atoms with van der Waals surface area (Å²) in [5.41, 5.74) is 12.9. The number of ether oxygens (including phenoxy) is 1. The second-order valence-electron chi connectivity index (χ2n) is 3.95. The molecule has 0 aliphatic heterocycles. The molecule has 19 heavy (non-hydrogen) atoms. The average Bonchev–Trinajstić information content (AvgIpc) is 2.46. The van der Waals surface area contributed by atoms with E-state index >= 15 is 0 Å². The lowest BCUT2D eigenvalue weighted by Gasteiger charge is -2.04. The molecule has 0 amide bonds. The number of aliphatic hydroxyl groups is 1. The topological polar surface area (TPSA) is 94.4 Å². The van der Waals surface area contributed by atoms with Gasteiger partial charge in [0, 0.05) is 23.3 Å². The van der Waals surface area contributed by atoms with E-state index in [1.807, 2.05) is 24.3 Å². The molecule has 0 unspecified atom stereocenters. The molecule has 2 rings (SSSR count). The predicted octanol–water partition coefficient (Wildman–Crippen LogP) is -0.212. The summed E-state index contributed by atoms with van der Waals surface area (Å²) in [5, 5.41) is 10.5. The largest absolute Gasteiger partial charge is 0.497 e. The van der Waals surface area contributed by atoms with Crippen LogP contribution in [0.15, 0.2) is 42.7 Å². The maximum absolute atomic E-state index is 9.45. The highest BCUT2D eigenvalue weighted by Crippen LogP contribution is 2.13. The summed E-state index contributed by atoms with van der Waals surface area (Å²) in [5.74, 6) is 0.444. The molecule has 0 radical (unpaired) electrons. The van der Waals surface area contributed by atoms with Gasteiger partial charge < -0.3 is 21.3 Å². The SMILES string of the molecule is COc1ccc(/C(N)=c2\ccnc\c2=C(\N)O)cc1. The summed E-state index contributed by atoms with van der Waals surface area (Å²) in [7, 11) is 1.60. The predicted molar refractivity (Wildman–Crippen MR) is 73.4 cm³/mol. The fraction of sp³-hybridized carbons (Fsp3) is 0.0714. The van der Waals surface area contributed by atoms with Crippen LogP contribution in [-0.2, 0) is 0 Å². The standard InChI is InChI=1S/C14H15N3O2/c1-19-10-4-2-9(3-5-10)13(15)11-6-7-17-8-12(11)14(16)18/h2-8,18H,15-16H2,1H3/b13-11-,14-12+. The van der Waals surface area contributed by atoms with Crippen LogP contribution in [0.3, 0.4) is 0 Å². The first-order valence-electron chi connectivity index (χ1n) is 5.66. The Hall–Kier alpha value is -2.69. The van der Waals surface area contributed by atoms with Crippen LogP contribution >= 0.6 is 0 Å². The summed E-state index contributed by atoms with van der Waals surface area (Å²) in [4.78, 5) is 3.92. The molecule has 0 aliphatic carbocycles. The molecule has 1 aromatic carbocycles. The third-order valence-electron chi connectivity index (χ3n) is 2.79. The molecule has 1 heterocycles. The van der Waals surface area contributed by atoms with Crippen molar-refractivity contribution in [1.29, 1.82) is 0 Å². The van der Waals surface area contributed by atoms with Crippen LogP contribution in [0.25, 0.3) is 11.6 Å². The average molecular weight is 257 g/mol. The van der Waals surface area contributed by atoms with Crippen molar-refractivity contribution in [3.05, 3.63) is 58.7 Å². The van der Waals surface area contributed by atoms with E-state index in [1.165, 1.54) is 6.20 Å². The monoisotopic (exact) mass is 257 g/mol. The van der Waals surface area contributed by atoms with Crippen LogP contribution < -0.4 is 26.6 Å². The van der Waals surface area contributed by atoms with Crippen molar-refractivity contribution in [3.8, 4) is 5.75 Å². The molecular formula is C14H15N3O2. The van der Waals surface area contributed by atoms with Crippen molar-refractivity contribution in [2.75, 3.05) is 7.11 Å². The minimum atomic E-state index is -0.306. The summed E-state index contributed by atoms with van der Waals surface area (Å²) < 4.78 is 5.09. The number of nitrogens with zero attached hydrogens (tertiary/aromatic N) is 1. The summed E-state index contributed by atoms with van der Waals surface area (Å²) in [6.07, 6.45) is 3.07. The molecule has 5 nitrogen and oxygen atoms in total. The van der Waals surface area contributed by atoms with Crippen molar-refractivity contribution in [3.63, 3.8) is 0 Å². The Bertz CT molecular complexity index is 689. The van der Waals surface area contributed by atoms with Gasteiger partial charge >= 0.3 is 0 Å². The molecule has 0 spiro atoms. The number of benzene rings is 1. The molecule has 2 aromatic rings. The van der Waals surface area contributed by atoms with Gasteiger partial charge in [0.1, 0.15) is 5.75 Å². The van der Waals surface area contributed by atoms with E-state index < -0.39 is 0 Å². The summed E-state index contributed by atoms with van der Waals surface area (Å²) in [6, 6.07) is 9.01. The molecule has 0 atom stereocenters. The summed E-state index contributed by atoms with van der Waals surface area (Å²) in [6.45, 7) is 0. The third kappa shape index (κ3) is 2.60. The number of hydrogen-bond donors (Lipinski definition) is 3. The van der Waals surface area contributed by atoms with Gasteiger partial charge in [-0.25, -0.2) is 0 Å². The van der Waals surface area contributed by atoms with Crippen LogP contribution in [0.1, 0.15) is 5.56 Å². The van der Waals surface area contributed by atoms with Gasteiger partial charge in [-0.05, 0) is 35.9 Å². The first-order valence-corrected chi connectivity index (χ1v) is 5.66. The lowest BCUT2D eigenvalue weighted by Crippen LogP contribution is -2.34. The van der Waals surface area contributed by atoms with Crippen LogP contribution in [0, 0.1) is 0 Å².